The molecule has 0 unspecified atom stereocenters. The molecule has 0 atom stereocenters. The van der Waals surface area contributed by atoms with E-state index in [1.54, 1.807) is 0 Å². The zero-order chi connectivity index (χ0) is 13.7. The Labute approximate surface area is 116 Å². The number of nitrogens with zero attached hydrogens (tertiary/aromatic N) is 1. The number of nitrogens with one attached hydrogen (secondary N) is 1. The topological polar surface area (TPSA) is 35.8 Å². The smallest absolute Gasteiger partial charge is 0.0991 e. The van der Waals surface area contributed by atoms with Crippen LogP contribution in [0.15, 0.2) is 24.3 Å². The Morgan fingerprint density at radius 3 is 2.32 bits per heavy atom. The van der Waals surface area contributed by atoms with Gasteiger partial charge in [-0.15, -0.1) is 0 Å². The predicted octanol–water partition coefficient (Wildman–Crippen LogP) is 3.86. The molecule has 1 saturated carbocycles. The van der Waals surface area contributed by atoms with E-state index >= 15 is 0 Å². The SMILES string of the molecule is CC(C)C1CCC(NCc2ccc(C#N)cc2)CC1. The molecule has 0 bridgehead atoms. The summed E-state index contributed by atoms with van der Waals surface area (Å²) in [4.78, 5) is 0. The largest absolute Gasteiger partial charge is 0.310 e. The van der Waals surface area contributed by atoms with Crippen LogP contribution in [0.3, 0.4) is 0 Å². The molecular formula is C17H24N2. The minimum atomic E-state index is 0.672. The number of rotatable bonds is 4. The van der Waals surface area contributed by atoms with Crippen LogP contribution in [-0.2, 0) is 6.54 Å². The summed E-state index contributed by atoms with van der Waals surface area (Å²) in [5.41, 5.74) is 2.01. The second kappa shape index (κ2) is 6.73. The zero-order valence-electron chi connectivity index (χ0n) is 12.0. The Hall–Kier alpha value is -1.33. The van der Waals surface area contributed by atoms with Crippen LogP contribution in [0.25, 0.3) is 0 Å². The van der Waals surface area contributed by atoms with Crippen LogP contribution in [-0.4, -0.2) is 6.04 Å². The minimum Gasteiger partial charge on any atom is -0.310 e. The van der Waals surface area contributed by atoms with Gasteiger partial charge in [0.25, 0.3) is 0 Å². The van der Waals surface area contributed by atoms with Crippen LogP contribution in [0.2, 0.25) is 0 Å². The van der Waals surface area contributed by atoms with Crippen molar-refractivity contribution in [1.82, 2.24) is 5.32 Å². The first-order valence-corrected chi connectivity index (χ1v) is 7.41. The lowest BCUT2D eigenvalue weighted by Gasteiger charge is -2.31. The van der Waals surface area contributed by atoms with E-state index in [-0.39, 0.29) is 0 Å². The highest BCUT2D eigenvalue weighted by Gasteiger charge is 2.22. The summed E-state index contributed by atoms with van der Waals surface area (Å²) in [6.07, 6.45) is 5.34. The molecule has 1 aromatic carbocycles. The van der Waals surface area contributed by atoms with Gasteiger partial charge >= 0.3 is 0 Å². The van der Waals surface area contributed by atoms with Gasteiger partial charge in [-0.25, -0.2) is 0 Å². The molecule has 1 aliphatic carbocycles. The van der Waals surface area contributed by atoms with Crippen molar-refractivity contribution in [3.05, 3.63) is 35.4 Å². The van der Waals surface area contributed by atoms with Gasteiger partial charge in [-0.05, 0) is 55.2 Å². The molecule has 1 fully saturated rings. The molecule has 0 spiro atoms. The molecule has 0 heterocycles. The van der Waals surface area contributed by atoms with Gasteiger partial charge in [0.2, 0.25) is 0 Å². The predicted molar refractivity (Wildman–Crippen MR) is 78.6 cm³/mol. The van der Waals surface area contributed by atoms with E-state index < -0.39 is 0 Å². The van der Waals surface area contributed by atoms with Crippen LogP contribution >= 0.6 is 0 Å². The molecule has 0 saturated heterocycles. The average Bonchev–Trinajstić information content (AvgIpc) is 2.46. The van der Waals surface area contributed by atoms with E-state index in [1.807, 2.05) is 24.3 Å². The molecule has 1 N–H and O–H groups in total. The molecule has 0 aliphatic heterocycles. The lowest BCUT2D eigenvalue weighted by atomic mass is 9.80. The minimum absolute atomic E-state index is 0.672. The first-order chi connectivity index (χ1) is 9.19. The molecular weight excluding hydrogens is 232 g/mol. The van der Waals surface area contributed by atoms with Crippen molar-refractivity contribution in [2.24, 2.45) is 11.8 Å². The van der Waals surface area contributed by atoms with Crippen LogP contribution in [0, 0.1) is 23.2 Å². The number of hydrogen-bond acceptors (Lipinski definition) is 2. The standard InChI is InChI=1S/C17H24N2/c1-13(2)16-7-9-17(10-8-16)19-12-15-5-3-14(11-18)4-6-15/h3-6,13,16-17,19H,7-10,12H2,1-2H3. The first kappa shape index (κ1) is 14.1. The van der Waals surface area contributed by atoms with Crippen molar-refractivity contribution in [3.63, 3.8) is 0 Å². The molecule has 2 nitrogen and oxygen atoms in total. The monoisotopic (exact) mass is 256 g/mol. The second-order valence-corrected chi connectivity index (χ2v) is 6.05. The van der Waals surface area contributed by atoms with Crippen molar-refractivity contribution < 1.29 is 0 Å². The second-order valence-electron chi connectivity index (χ2n) is 6.05. The van der Waals surface area contributed by atoms with Gasteiger partial charge in [-0.1, -0.05) is 26.0 Å². The Morgan fingerprint density at radius 1 is 1.16 bits per heavy atom. The summed E-state index contributed by atoms with van der Waals surface area (Å²) in [5, 5.41) is 12.4. The van der Waals surface area contributed by atoms with Crippen LogP contribution in [0.4, 0.5) is 0 Å². The third-order valence-electron chi connectivity index (χ3n) is 4.39. The summed E-state index contributed by atoms with van der Waals surface area (Å²) >= 11 is 0. The van der Waals surface area contributed by atoms with E-state index in [1.165, 1.54) is 31.2 Å². The maximum absolute atomic E-state index is 8.77. The maximum atomic E-state index is 8.77. The van der Waals surface area contributed by atoms with E-state index in [2.05, 4.69) is 25.2 Å². The summed E-state index contributed by atoms with van der Waals surface area (Å²) in [5.74, 6) is 1.76. The van der Waals surface area contributed by atoms with Gasteiger partial charge in [-0.3, -0.25) is 0 Å². The molecule has 0 amide bonds. The third-order valence-corrected chi connectivity index (χ3v) is 4.39. The Kier molecular flexibility index (Phi) is 4.99. The molecule has 0 radical (unpaired) electrons. The number of benzene rings is 1. The lowest BCUT2D eigenvalue weighted by molar-refractivity contribution is 0.238. The Bertz CT molecular complexity index is 420. The van der Waals surface area contributed by atoms with E-state index in [0.29, 0.717) is 6.04 Å². The first-order valence-electron chi connectivity index (χ1n) is 7.41. The van der Waals surface area contributed by atoms with Gasteiger partial charge in [0.05, 0.1) is 11.6 Å². The summed E-state index contributed by atoms with van der Waals surface area (Å²) in [6.45, 7) is 5.60. The molecule has 19 heavy (non-hydrogen) atoms. The lowest BCUT2D eigenvalue weighted by Crippen LogP contribution is -2.33. The van der Waals surface area contributed by atoms with Gasteiger partial charge in [0.1, 0.15) is 0 Å². The fourth-order valence-electron chi connectivity index (χ4n) is 2.95. The van der Waals surface area contributed by atoms with E-state index in [0.717, 1.165) is 23.9 Å². The number of nitriles is 1. The fraction of sp³-hybridized carbons (Fsp3) is 0.588. The molecule has 102 valence electrons. The Balaban J connectivity index is 1.76. The molecule has 2 rings (SSSR count). The van der Waals surface area contributed by atoms with E-state index in [4.69, 9.17) is 5.26 Å². The highest BCUT2D eigenvalue weighted by molar-refractivity contribution is 5.31. The van der Waals surface area contributed by atoms with Gasteiger partial charge in [0, 0.05) is 12.6 Å². The molecule has 2 heteroatoms. The summed E-state index contributed by atoms with van der Waals surface area (Å²) in [6, 6.07) is 10.7. The van der Waals surface area contributed by atoms with Crippen molar-refractivity contribution in [2.45, 2.75) is 52.1 Å². The average molecular weight is 256 g/mol. The maximum Gasteiger partial charge on any atom is 0.0991 e. The highest BCUT2D eigenvalue weighted by Crippen LogP contribution is 2.29. The van der Waals surface area contributed by atoms with Crippen LogP contribution in [0.1, 0.15) is 50.7 Å². The van der Waals surface area contributed by atoms with Crippen LogP contribution in [0.5, 0.6) is 0 Å². The normalized spacial score (nSPS) is 23.3. The van der Waals surface area contributed by atoms with E-state index in [9.17, 15) is 0 Å². The molecule has 1 aliphatic rings. The highest BCUT2D eigenvalue weighted by atomic mass is 14.9. The van der Waals surface area contributed by atoms with Gasteiger partial charge < -0.3 is 5.32 Å². The third kappa shape index (κ3) is 4.08. The van der Waals surface area contributed by atoms with Crippen LogP contribution < -0.4 is 5.32 Å². The van der Waals surface area contributed by atoms with Gasteiger partial charge in [0.15, 0.2) is 0 Å². The van der Waals surface area contributed by atoms with Crippen molar-refractivity contribution in [2.75, 3.05) is 0 Å². The molecule has 0 aromatic heterocycles. The van der Waals surface area contributed by atoms with Crippen molar-refractivity contribution in [1.29, 1.82) is 5.26 Å². The summed E-state index contributed by atoms with van der Waals surface area (Å²) in [7, 11) is 0. The zero-order valence-corrected chi connectivity index (χ0v) is 12.0. The van der Waals surface area contributed by atoms with Crippen molar-refractivity contribution >= 4 is 0 Å². The Morgan fingerprint density at radius 2 is 1.79 bits per heavy atom. The quantitative estimate of drug-likeness (QED) is 0.888. The molecule has 1 aromatic rings. The van der Waals surface area contributed by atoms with Gasteiger partial charge in [-0.2, -0.15) is 5.26 Å². The summed E-state index contributed by atoms with van der Waals surface area (Å²) < 4.78 is 0. The number of hydrogen-bond donors (Lipinski definition) is 1. The van der Waals surface area contributed by atoms with Crippen molar-refractivity contribution in [3.8, 4) is 6.07 Å². The fourth-order valence-corrected chi connectivity index (χ4v) is 2.95.